The van der Waals surface area contributed by atoms with Gasteiger partial charge in [-0.05, 0) is 31.2 Å². The molecule has 0 aliphatic carbocycles. The smallest absolute Gasteiger partial charge is 0.0967 e. The van der Waals surface area contributed by atoms with Gasteiger partial charge in [-0.2, -0.15) is 5.10 Å². The third kappa shape index (κ3) is 4.66. The Morgan fingerprint density at radius 3 is 2.42 bits per heavy atom. The predicted molar refractivity (Wildman–Crippen MR) is 96.9 cm³/mol. The van der Waals surface area contributed by atoms with E-state index in [9.17, 15) is 0 Å². The zero-order chi connectivity index (χ0) is 17.5. The maximum absolute atomic E-state index is 4.56. The first-order chi connectivity index (χ1) is 11.7. The van der Waals surface area contributed by atoms with Crippen molar-refractivity contribution < 1.29 is 0 Å². The zero-order valence-electron chi connectivity index (χ0n) is 15.8. The van der Waals surface area contributed by atoms with Crippen LogP contribution in [0.2, 0.25) is 0 Å². The molecule has 0 spiro atoms. The Balaban J connectivity index is 0.00000100. The SMILES string of the molecule is CC.CCn1cc(CN2CCC(n3cc(C(C)C)cn3)CC2)nn1. The van der Waals surface area contributed by atoms with Gasteiger partial charge in [0.1, 0.15) is 0 Å². The monoisotopic (exact) mass is 332 g/mol. The number of aryl methyl sites for hydroxylation is 1. The van der Waals surface area contributed by atoms with Crippen LogP contribution < -0.4 is 0 Å². The number of hydrogen-bond donors (Lipinski definition) is 0. The van der Waals surface area contributed by atoms with Crippen LogP contribution >= 0.6 is 0 Å². The van der Waals surface area contributed by atoms with Crippen LogP contribution in [0.15, 0.2) is 18.6 Å². The van der Waals surface area contributed by atoms with Crippen molar-refractivity contribution in [3.63, 3.8) is 0 Å². The van der Waals surface area contributed by atoms with E-state index >= 15 is 0 Å². The van der Waals surface area contributed by atoms with Crippen molar-refractivity contribution in [2.24, 2.45) is 0 Å². The molecule has 1 saturated heterocycles. The summed E-state index contributed by atoms with van der Waals surface area (Å²) in [6.45, 7) is 14.5. The summed E-state index contributed by atoms with van der Waals surface area (Å²) >= 11 is 0. The van der Waals surface area contributed by atoms with E-state index in [2.05, 4.69) is 58.2 Å². The third-order valence-corrected chi connectivity index (χ3v) is 4.52. The van der Waals surface area contributed by atoms with Gasteiger partial charge in [0.15, 0.2) is 0 Å². The molecule has 0 radical (unpaired) electrons. The second kappa shape index (κ2) is 8.97. The molecule has 0 amide bonds. The summed E-state index contributed by atoms with van der Waals surface area (Å²) in [5.74, 6) is 0.551. The molecule has 1 aliphatic rings. The Hall–Kier alpha value is -1.69. The first-order valence-corrected chi connectivity index (χ1v) is 9.31. The lowest BCUT2D eigenvalue weighted by atomic mass is 10.0. The number of rotatable bonds is 5. The molecule has 1 aliphatic heterocycles. The van der Waals surface area contributed by atoms with Crippen LogP contribution in [0.25, 0.3) is 0 Å². The molecule has 0 aromatic carbocycles. The van der Waals surface area contributed by atoms with Gasteiger partial charge in [0.2, 0.25) is 0 Å². The average molecular weight is 332 g/mol. The fraction of sp³-hybridized carbons (Fsp3) is 0.722. The minimum Gasteiger partial charge on any atom is -0.297 e. The van der Waals surface area contributed by atoms with Crippen LogP contribution in [0.1, 0.15) is 70.7 Å². The highest BCUT2D eigenvalue weighted by molar-refractivity contribution is 5.09. The summed E-state index contributed by atoms with van der Waals surface area (Å²) in [6.07, 6.45) is 8.59. The fourth-order valence-electron chi connectivity index (χ4n) is 2.99. The van der Waals surface area contributed by atoms with E-state index in [0.29, 0.717) is 12.0 Å². The normalized spacial score (nSPS) is 16.2. The second-order valence-corrected chi connectivity index (χ2v) is 6.48. The first kappa shape index (κ1) is 18.6. The van der Waals surface area contributed by atoms with E-state index in [1.54, 1.807) is 0 Å². The fourth-order valence-corrected chi connectivity index (χ4v) is 2.99. The Labute approximate surface area is 145 Å². The van der Waals surface area contributed by atoms with Crippen molar-refractivity contribution >= 4 is 0 Å². The van der Waals surface area contributed by atoms with Crippen LogP contribution in [0.3, 0.4) is 0 Å². The van der Waals surface area contributed by atoms with Crippen LogP contribution in [-0.4, -0.2) is 42.8 Å². The van der Waals surface area contributed by atoms with Gasteiger partial charge in [0.25, 0.3) is 0 Å². The second-order valence-electron chi connectivity index (χ2n) is 6.48. The molecule has 134 valence electrons. The van der Waals surface area contributed by atoms with Crippen molar-refractivity contribution in [2.75, 3.05) is 13.1 Å². The molecular formula is C18H32N6. The summed E-state index contributed by atoms with van der Waals surface area (Å²) in [5.41, 5.74) is 2.40. The van der Waals surface area contributed by atoms with Gasteiger partial charge in [-0.1, -0.05) is 32.9 Å². The highest BCUT2D eigenvalue weighted by Crippen LogP contribution is 2.24. The molecule has 0 saturated carbocycles. The molecule has 24 heavy (non-hydrogen) atoms. The molecule has 0 unspecified atom stereocenters. The Kier molecular flexibility index (Phi) is 6.97. The molecule has 2 aromatic heterocycles. The Morgan fingerprint density at radius 1 is 1.17 bits per heavy atom. The van der Waals surface area contributed by atoms with Crippen LogP contribution in [0.4, 0.5) is 0 Å². The van der Waals surface area contributed by atoms with Gasteiger partial charge in [0.05, 0.1) is 17.9 Å². The number of piperidine rings is 1. The minimum atomic E-state index is 0.537. The van der Waals surface area contributed by atoms with Gasteiger partial charge in [0, 0.05) is 38.6 Å². The predicted octanol–water partition coefficient (Wildman–Crippen LogP) is 3.48. The maximum atomic E-state index is 4.56. The van der Waals surface area contributed by atoms with Crippen molar-refractivity contribution in [3.8, 4) is 0 Å². The van der Waals surface area contributed by atoms with E-state index in [-0.39, 0.29) is 0 Å². The highest BCUT2D eigenvalue weighted by Gasteiger charge is 2.22. The molecule has 3 heterocycles. The molecule has 0 bridgehead atoms. The summed E-state index contributed by atoms with van der Waals surface area (Å²) < 4.78 is 4.05. The minimum absolute atomic E-state index is 0.537. The molecular weight excluding hydrogens is 300 g/mol. The van der Waals surface area contributed by atoms with Crippen molar-refractivity contribution in [1.82, 2.24) is 29.7 Å². The van der Waals surface area contributed by atoms with E-state index in [0.717, 1.165) is 44.7 Å². The molecule has 0 atom stereocenters. The van der Waals surface area contributed by atoms with E-state index < -0.39 is 0 Å². The quantitative estimate of drug-likeness (QED) is 0.841. The van der Waals surface area contributed by atoms with Crippen molar-refractivity contribution in [3.05, 3.63) is 29.8 Å². The standard InChI is InChI=1S/C16H26N6.C2H6/c1-4-21-12-15(18-19-21)11-20-7-5-16(6-8-20)22-10-14(9-17-22)13(2)3;1-2/h9-10,12-13,16H,4-8,11H2,1-3H3;1-2H3. The number of hydrogen-bond acceptors (Lipinski definition) is 4. The Morgan fingerprint density at radius 2 is 1.88 bits per heavy atom. The lowest BCUT2D eigenvalue weighted by Crippen LogP contribution is -2.34. The summed E-state index contributed by atoms with van der Waals surface area (Å²) in [7, 11) is 0. The summed E-state index contributed by atoms with van der Waals surface area (Å²) in [6, 6.07) is 0.537. The molecule has 3 rings (SSSR count). The van der Waals surface area contributed by atoms with E-state index in [4.69, 9.17) is 0 Å². The van der Waals surface area contributed by atoms with Crippen LogP contribution in [0, 0.1) is 0 Å². The number of nitrogens with zero attached hydrogens (tertiary/aromatic N) is 6. The van der Waals surface area contributed by atoms with Crippen molar-refractivity contribution in [1.29, 1.82) is 0 Å². The molecule has 2 aromatic rings. The van der Waals surface area contributed by atoms with Gasteiger partial charge in [-0.3, -0.25) is 14.3 Å². The van der Waals surface area contributed by atoms with E-state index in [1.165, 1.54) is 5.56 Å². The third-order valence-electron chi connectivity index (χ3n) is 4.52. The van der Waals surface area contributed by atoms with Gasteiger partial charge in [-0.15, -0.1) is 5.10 Å². The zero-order valence-corrected chi connectivity index (χ0v) is 15.8. The van der Waals surface area contributed by atoms with Crippen molar-refractivity contribution in [2.45, 2.75) is 72.5 Å². The van der Waals surface area contributed by atoms with Gasteiger partial charge < -0.3 is 0 Å². The van der Waals surface area contributed by atoms with Gasteiger partial charge >= 0.3 is 0 Å². The molecule has 6 nitrogen and oxygen atoms in total. The molecule has 6 heteroatoms. The lowest BCUT2D eigenvalue weighted by Gasteiger charge is -2.31. The van der Waals surface area contributed by atoms with E-state index in [1.807, 2.05) is 24.7 Å². The lowest BCUT2D eigenvalue weighted by molar-refractivity contribution is 0.171. The van der Waals surface area contributed by atoms with Crippen LogP contribution in [0.5, 0.6) is 0 Å². The molecule has 1 fully saturated rings. The maximum Gasteiger partial charge on any atom is 0.0967 e. The Bertz CT molecular complexity index is 592. The topological polar surface area (TPSA) is 51.8 Å². The largest absolute Gasteiger partial charge is 0.297 e. The van der Waals surface area contributed by atoms with Crippen LogP contribution in [-0.2, 0) is 13.1 Å². The van der Waals surface area contributed by atoms with Gasteiger partial charge in [-0.25, -0.2) is 0 Å². The molecule has 0 N–H and O–H groups in total. The number of aromatic nitrogens is 5. The highest BCUT2D eigenvalue weighted by atomic mass is 15.4. The summed E-state index contributed by atoms with van der Waals surface area (Å²) in [4.78, 5) is 2.47. The number of likely N-dealkylation sites (tertiary alicyclic amines) is 1. The first-order valence-electron chi connectivity index (χ1n) is 9.31. The average Bonchev–Trinajstić information content (AvgIpc) is 3.27. The summed E-state index contributed by atoms with van der Waals surface area (Å²) in [5, 5.41) is 12.9.